The molecule has 6 heterocycles. The number of nitrogens with zero attached hydrogens (tertiary/aromatic N) is 5. The van der Waals surface area contributed by atoms with Gasteiger partial charge in [-0.15, -0.1) is 0 Å². The highest BCUT2D eigenvalue weighted by molar-refractivity contribution is 7.99. The highest BCUT2D eigenvalue weighted by atomic mass is 32.2. The molecule has 4 aliphatic heterocycles. The number of hydrogen-bond donors (Lipinski definition) is 2. The Kier molecular flexibility index (Phi) is 6.62. The van der Waals surface area contributed by atoms with Crippen LogP contribution in [0.3, 0.4) is 0 Å². The number of pyridine rings is 1. The van der Waals surface area contributed by atoms with E-state index in [1.807, 2.05) is 18.5 Å². The Hall–Kier alpha value is -2.18. The van der Waals surface area contributed by atoms with Gasteiger partial charge in [0, 0.05) is 51.3 Å². The van der Waals surface area contributed by atoms with E-state index < -0.39 is 0 Å². The van der Waals surface area contributed by atoms with E-state index in [0.717, 1.165) is 98.7 Å². The summed E-state index contributed by atoms with van der Waals surface area (Å²) in [6.45, 7) is 4.74. The molecule has 0 radical (unpaired) electrons. The van der Waals surface area contributed by atoms with Gasteiger partial charge < -0.3 is 34.9 Å². The molecule has 2 aromatic rings. The molecule has 2 unspecified atom stereocenters. The molecule has 3 saturated heterocycles. The van der Waals surface area contributed by atoms with Crippen LogP contribution in [0.15, 0.2) is 28.4 Å². The first-order valence-corrected chi connectivity index (χ1v) is 15.0. The summed E-state index contributed by atoms with van der Waals surface area (Å²) in [6.07, 6.45) is 10.0. The van der Waals surface area contributed by atoms with Crippen LogP contribution in [-0.4, -0.2) is 84.3 Å². The Morgan fingerprint density at radius 1 is 1.18 bits per heavy atom. The minimum atomic E-state index is -0.157. The van der Waals surface area contributed by atoms with Crippen molar-refractivity contribution in [2.75, 3.05) is 56.4 Å². The molecule has 3 N–H and O–H groups in total. The monoisotopic (exact) mass is 554 g/mol. The van der Waals surface area contributed by atoms with E-state index in [9.17, 15) is 5.11 Å². The van der Waals surface area contributed by atoms with Crippen LogP contribution in [-0.2, 0) is 16.1 Å². The predicted molar refractivity (Wildman–Crippen MR) is 147 cm³/mol. The third-order valence-corrected chi connectivity index (χ3v) is 10.8. The van der Waals surface area contributed by atoms with E-state index in [2.05, 4.69) is 14.8 Å². The largest absolute Gasteiger partial charge is 0.486 e. The molecule has 2 spiro atoms. The molecule has 2 aromatic heterocycles. The molecule has 39 heavy (non-hydrogen) atoms. The standard InChI is InChI=1S/C28H38N6O4S/c1-36-16-18-12-19-17-37-23-21(2-8-30-25(23)34(19)14-18)39-22-13-31-24(20(15-35)32-22)33-9-5-27(6-10-33)3-4-28(26(27)29)7-11-38-28/h2,8,13,18-19,26,35H,3-7,9-12,14-17,29H2,1H3/t18-,19-,26?,28?/m0/s1. The molecule has 7 rings (SSSR count). The summed E-state index contributed by atoms with van der Waals surface area (Å²) in [5.74, 6) is 2.95. The minimum Gasteiger partial charge on any atom is -0.486 e. The van der Waals surface area contributed by atoms with Crippen LogP contribution in [0.1, 0.15) is 44.2 Å². The summed E-state index contributed by atoms with van der Waals surface area (Å²) in [7, 11) is 1.76. The van der Waals surface area contributed by atoms with Crippen molar-refractivity contribution in [1.29, 1.82) is 0 Å². The average Bonchev–Trinajstić information content (AvgIpc) is 3.48. The predicted octanol–water partition coefficient (Wildman–Crippen LogP) is 2.62. The number of aliphatic hydroxyl groups is 1. The van der Waals surface area contributed by atoms with Crippen LogP contribution in [0.4, 0.5) is 11.6 Å². The van der Waals surface area contributed by atoms with Gasteiger partial charge in [0.25, 0.3) is 0 Å². The summed E-state index contributed by atoms with van der Waals surface area (Å²) in [4.78, 5) is 19.9. The van der Waals surface area contributed by atoms with Gasteiger partial charge in [-0.3, -0.25) is 0 Å². The maximum atomic E-state index is 10.2. The van der Waals surface area contributed by atoms with Gasteiger partial charge in [-0.2, -0.15) is 0 Å². The number of nitrogens with two attached hydrogens (primary N) is 1. The second kappa shape index (κ2) is 10.0. The summed E-state index contributed by atoms with van der Waals surface area (Å²) >= 11 is 1.51. The van der Waals surface area contributed by atoms with Gasteiger partial charge in [0.15, 0.2) is 17.4 Å². The number of aliphatic hydroxyl groups excluding tert-OH is 1. The van der Waals surface area contributed by atoms with Gasteiger partial charge in [-0.1, -0.05) is 11.8 Å². The topological polar surface area (TPSA) is 119 Å². The molecule has 1 saturated carbocycles. The van der Waals surface area contributed by atoms with Crippen molar-refractivity contribution in [3.8, 4) is 5.75 Å². The first-order chi connectivity index (χ1) is 19.0. The first-order valence-electron chi connectivity index (χ1n) is 14.2. The number of ether oxygens (including phenoxy) is 3. The zero-order valence-corrected chi connectivity index (χ0v) is 23.4. The zero-order chi connectivity index (χ0) is 26.6. The molecule has 4 atom stereocenters. The Morgan fingerprint density at radius 2 is 2.03 bits per heavy atom. The van der Waals surface area contributed by atoms with Crippen molar-refractivity contribution in [3.63, 3.8) is 0 Å². The number of anilines is 2. The van der Waals surface area contributed by atoms with Crippen LogP contribution >= 0.6 is 11.8 Å². The van der Waals surface area contributed by atoms with Gasteiger partial charge in [0.2, 0.25) is 0 Å². The molecule has 0 bridgehead atoms. The summed E-state index contributed by atoms with van der Waals surface area (Å²) in [6, 6.07) is 2.41. The van der Waals surface area contributed by atoms with E-state index >= 15 is 0 Å². The number of piperidine rings is 1. The molecular formula is C28H38N6O4S. The van der Waals surface area contributed by atoms with Crippen molar-refractivity contribution < 1.29 is 19.3 Å². The smallest absolute Gasteiger partial charge is 0.175 e. The van der Waals surface area contributed by atoms with Crippen molar-refractivity contribution in [2.24, 2.45) is 17.1 Å². The number of hydrogen-bond acceptors (Lipinski definition) is 11. The fourth-order valence-electron chi connectivity index (χ4n) is 7.60. The van der Waals surface area contributed by atoms with Crippen LogP contribution in [0, 0.1) is 11.3 Å². The number of aromatic nitrogens is 3. The van der Waals surface area contributed by atoms with E-state index in [1.54, 1.807) is 7.11 Å². The summed E-state index contributed by atoms with van der Waals surface area (Å²) in [5, 5.41) is 11.0. The maximum absolute atomic E-state index is 10.2. The molecule has 1 aliphatic carbocycles. The van der Waals surface area contributed by atoms with E-state index in [-0.39, 0.29) is 23.7 Å². The number of methoxy groups -OCH3 is 1. The number of fused-ring (bicyclic) bond motifs is 3. The molecule has 4 fully saturated rings. The van der Waals surface area contributed by atoms with Gasteiger partial charge in [0.1, 0.15) is 17.3 Å². The van der Waals surface area contributed by atoms with Crippen LogP contribution in [0.25, 0.3) is 0 Å². The van der Waals surface area contributed by atoms with Crippen molar-refractivity contribution in [2.45, 2.75) is 72.7 Å². The van der Waals surface area contributed by atoms with Gasteiger partial charge >= 0.3 is 0 Å². The van der Waals surface area contributed by atoms with Gasteiger partial charge in [-0.25, -0.2) is 15.0 Å². The second-order valence-corrected chi connectivity index (χ2v) is 12.9. The van der Waals surface area contributed by atoms with Crippen LogP contribution < -0.4 is 20.3 Å². The normalized spacial score (nSPS) is 30.8. The molecule has 0 aromatic carbocycles. The van der Waals surface area contributed by atoms with E-state index in [1.165, 1.54) is 11.8 Å². The number of rotatable bonds is 6. The Labute approximate surface area is 233 Å². The highest BCUT2D eigenvalue weighted by Gasteiger charge is 2.59. The molecule has 210 valence electrons. The zero-order valence-electron chi connectivity index (χ0n) is 22.6. The molecule has 0 amide bonds. The van der Waals surface area contributed by atoms with Crippen molar-refractivity contribution in [1.82, 2.24) is 15.0 Å². The molecular weight excluding hydrogens is 516 g/mol. The Balaban J connectivity index is 1.06. The fraction of sp³-hybridized carbons (Fsp3) is 0.679. The lowest BCUT2D eigenvalue weighted by molar-refractivity contribution is -0.158. The lowest BCUT2D eigenvalue weighted by Gasteiger charge is -2.49. The molecule has 5 aliphatic rings. The van der Waals surface area contributed by atoms with E-state index in [4.69, 9.17) is 29.9 Å². The lowest BCUT2D eigenvalue weighted by Crippen LogP contribution is -2.60. The fourth-order valence-corrected chi connectivity index (χ4v) is 8.46. The Morgan fingerprint density at radius 3 is 2.74 bits per heavy atom. The van der Waals surface area contributed by atoms with Gasteiger partial charge in [-0.05, 0) is 43.6 Å². The third kappa shape index (κ3) is 4.28. The van der Waals surface area contributed by atoms with E-state index in [0.29, 0.717) is 24.3 Å². The molecule has 10 nitrogen and oxygen atoms in total. The quantitative estimate of drug-likeness (QED) is 0.548. The summed E-state index contributed by atoms with van der Waals surface area (Å²) < 4.78 is 17.6. The highest BCUT2D eigenvalue weighted by Crippen LogP contribution is 2.55. The SMILES string of the molecule is COC[C@H]1C[C@H]2COc3c(Sc4cnc(N5CCC6(CC5)CCC5(CCO5)C6N)c(CO)n4)ccnc3N2C1. The summed E-state index contributed by atoms with van der Waals surface area (Å²) in [5.41, 5.74) is 7.46. The third-order valence-electron chi connectivity index (χ3n) is 9.86. The van der Waals surface area contributed by atoms with Crippen LogP contribution in [0.2, 0.25) is 0 Å². The maximum Gasteiger partial charge on any atom is 0.175 e. The first kappa shape index (κ1) is 25.8. The van der Waals surface area contributed by atoms with Gasteiger partial charge in [0.05, 0.1) is 42.6 Å². The Bertz CT molecular complexity index is 1220. The second-order valence-electron chi connectivity index (χ2n) is 11.9. The average molecular weight is 555 g/mol. The lowest BCUT2D eigenvalue weighted by atomic mass is 9.71. The van der Waals surface area contributed by atoms with Crippen molar-refractivity contribution >= 4 is 23.4 Å². The van der Waals surface area contributed by atoms with Crippen LogP contribution in [0.5, 0.6) is 5.75 Å². The minimum absolute atomic E-state index is 0.0751. The molecule has 11 heteroatoms. The van der Waals surface area contributed by atoms with Crippen molar-refractivity contribution in [3.05, 3.63) is 24.2 Å².